The zero-order chi connectivity index (χ0) is 10.3. The Labute approximate surface area is 83.2 Å². The first-order valence-electron chi connectivity index (χ1n) is 4.28. The molecule has 1 aromatic heterocycles. The first-order chi connectivity index (χ1) is 6.52. The van der Waals surface area contributed by atoms with Crippen molar-refractivity contribution in [1.82, 2.24) is 4.98 Å². The van der Waals surface area contributed by atoms with Crippen LogP contribution < -0.4 is 5.32 Å². The zero-order valence-electron chi connectivity index (χ0n) is 7.48. The van der Waals surface area contributed by atoms with Gasteiger partial charge in [-0.25, -0.2) is 4.98 Å². The molecule has 0 aromatic carbocycles. The van der Waals surface area contributed by atoms with Gasteiger partial charge in [0, 0.05) is 13.0 Å². The third kappa shape index (κ3) is 1.70. The number of halogens is 3. The van der Waals surface area contributed by atoms with Crippen LogP contribution in [0.3, 0.4) is 0 Å². The molecule has 1 fully saturated rings. The molecule has 2 rings (SSSR count). The third-order valence-electron chi connectivity index (χ3n) is 2.09. The molecule has 0 unspecified atom stereocenters. The normalized spacial score (nSPS) is 17.1. The number of nitrogens with zero attached hydrogens (tertiary/aromatic N) is 1. The van der Waals surface area contributed by atoms with Gasteiger partial charge in [0.05, 0.1) is 5.69 Å². The van der Waals surface area contributed by atoms with Gasteiger partial charge in [-0.1, -0.05) is 11.3 Å². The summed E-state index contributed by atoms with van der Waals surface area (Å²) in [6, 6.07) is 0. The highest BCUT2D eigenvalue weighted by Gasteiger charge is 2.41. The maximum absolute atomic E-state index is 12.5. The van der Waals surface area contributed by atoms with E-state index in [0.29, 0.717) is 16.5 Å². The molecule has 0 saturated heterocycles. The van der Waals surface area contributed by atoms with Crippen LogP contribution in [-0.4, -0.2) is 12.0 Å². The summed E-state index contributed by atoms with van der Waals surface area (Å²) < 4.78 is 37.6. The maximum Gasteiger partial charge on any atom is 0.427 e. The maximum atomic E-state index is 12.5. The van der Waals surface area contributed by atoms with Gasteiger partial charge in [0.25, 0.3) is 0 Å². The lowest BCUT2D eigenvalue weighted by Gasteiger charge is -2.04. The summed E-state index contributed by atoms with van der Waals surface area (Å²) in [7, 11) is 1.58. The van der Waals surface area contributed by atoms with Crippen LogP contribution in [0.2, 0.25) is 0 Å². The van der Waals surface area contributed by atoms with Gasteiger partial charge < -0.3 is 5.32 Å². The second-order valence-electron chi connectivity index (χ2n) is 3.26. The van der Waals surface area contributed by atoms with Crippen molar-refractivity contribution in [1.29, 1.82) is 0 Å². The molecule has 1 aliphatic rings. The topological polar surface area (TPSA) is 24.9 Å². The molecule has 1 saturated carbocycles. The zero-order valence-corrected chi connectivity index (χ0v) is 8.30. The summed E-state index contributed by atoms with van der Waals surface area (Å²) in [4.78, 5) is 3.41. The standard InChI is InChI=1S/C8H9F3N2S/c1-12-7-13-5(4-2-3-4)6(14-7)8(9,10)11/h4H,2-3H2,1H3,(H,12,13). The number of hydrogen-bond donors (Lipinski definition) is 1. The number of hydrogen-bond acceptors (Lipinski definition) is 3. The van der Waals surface area contributed by atoms with E-state index in [1.165, 1.54) is 0 Å². The Balaban J connectivity index is 2.40. The first kappa shape index (κ1) is 9.76. The van der Waals surface area contributed by atoms with Crippen LogP contribution in [-0.2, 0) is 6.18 Å². The van der Waals surface area contributed by atoms with Gasteiger partial charge in [0.1, 0.15) is 4.88 Å². The lowest BCUT2D eigenvalue weighted by Crippen LogP contribution is -2.05. The summed E-state index contributed by atoms with van der Waals surface area (Å²) in [5, 5.41) is 3.00. The molecule has 1 heterocycles. The Hall–Kier alpha value is -0.780. The molecule has 0 bridgehead atoms. The molecule has 0 radical (unpaired) electrons. The highest BCUT2D eigenvalue weighted by molar-refractivity contribution is 7.15. The molecular formula is C8H9F3N2S. The van der Waals surface area contributed by atoms with Crippen LogP contribution >= 0.6 is 11.3 Å². The van der Waals surface area contributed by atoms with Crippen molar-refractivity contribution in [3.8, 4) is 0 Å². The van der Waals surface area contributed by atoms with Crippen molar-refractivity contribution < 1.29 is 13.2 Å². The molecule has 14 heavy (non-hydrogen) atoms. The second-order valence-corrected chi connectivity index (χ2v) is 4.25. The Morgan fingerprint density at radius 1 is 1.43 bits per heavy atom. The number of anilines is 1. The minimum absolute atomic E-state index is 0.0324. The van der Waals surface area contributed by atoms with Crippen LogP contribution in [0.5, 0.6) is 0 Å². The summed E-state index contributed by atoms with van der Waals surface area (Å²) in [5.74, 6) is 0.0324. The van der Waals surface area contributed by atoms with Crippen molar-refractivity contribution in [2.24, 2.45) is 0 Å². The SMILES string of the molecule is CNc1nc(C2CC2)c(C(F)(F)F)s1. The van der Waals surface area contributed by atoms with Crippen molar-refractivity contribution in [3.05, 3.63) is 10.6 Å². The monoisotopic (exact) mass is 222 g/mol. The quantitative estimate of drug-likeness (QED) is 0.831. The van der Waals surface area contributed by atoms with Crippen LogP contribution in [0.1, 0.15) is 29.3 Å². The van der Waals surface area contributed by atoms with Crippen LogP contribution in [0.15, 0.2) is 0 Å². The number of aromatic nitrogens is 1. The predicted octanol–water partition coefficient (Wildman–Crippen LogP) is 3.08. The Bertz CT molecular complexity index is 341. The number of nitrogens with one attached hydrogen (secondary N) is 1. The number of thiazole rings is 1. The summed E-state index contributed by atoms with van der Waals surface area (Å²) in [6.07, 6.45) is -2.60. The fourth-order valence-corrected chi connectivity index (χ4v) is 2.15. The van der Waals surface area contributed by atoms with Crippen molar-refractivity contribution >= 4 is 16.5 Å². The molecule has 6 heteroatoms. The average molecular weight is 222 g/mol. The second kappa shape index (κ2) is 3.12. The van der Waals surface area contributed by atoms with E-state index in [0.717, 1.165) is 12.8 Å². The fraction of sp³-hybridized carbons (Fsp3) is 0.625. The van der Waals surface area contributed by atoms with Gasteiger partial charge in [-0.05, 0) is 12.8 Å². The number of alkyl halides is 3. The Morgan fingerprint density at radius 2 is 2.07 bits per heavy atom. The molecule has 2 nitrogen and oxygen atoms in total. The van der Waals surface area contributed by atoms with E-state index in [4.69, 9.17) is 0 Å². The van der Waals surface area contributed by atoms with Crippen LogP contribution in [0.25, 0.3) is 0 Å². The fourth-order valence-electron chi connectivity index (χ4n) is 1.28. The smallest absolute Gasteiger partial charge is 0.365 e. The van der Waals surface area contributed by atoms with Crippen molar-refractivity contribution in [2.45, 2.75) is 24.9 Å². The molecular weight excluding hydrogens is 213 g/mol. The van der Waals surface area contributed by atoms with Gasteiger partial charge in [0.2, 0.25) is 0 Å². The highest BCUT2D eigenvalue weighted by Crippen LogP contribution is 2.48. The largest absolute Gasteiger partial charge is 0.427 e. The average Bonchev–Trinajstić information content (AvgIpc) is 2.83. The van der Waals surface area contributed by atoms with E-state index in [1.807, 2.05) is 0 Å². The summed E-state index contributed by atoms with van der Waals surface area (Å²) >= 11 is 0.688. The van der Waals surface area contributed by atoms with E-state index in [2.05, 4.69) is 10.3 Å². The van der Waals surface area contributed by atoms with E-state index in [-0.39, 0.29) is 11.6 Å². The Kier molecular flexibility index (Phi) is 2.17. The Morgan fingerprint density at radius 3 is 2.50 bits per heavy atom. The third-order valence-corrected chi connectivity index (χ3v) is 3.22. The van der Waals surface area contributed by atoms with Gasteiger partial charge in [0.15, 0.2) is 5.13 Å². The van der Waals surface area contributed by atoms with Crippen LogP contribution in [0.4, 0.5) is 18.3 Å². The molecule has 0 amide bonds. The molecule has 78 valence electrons. The molecule has 0 atom stereocenters. The van der Waals surface area contributed by atoms with Crippen molar-refractivity contribution in [2.75, 3.05) is 12.4 Å². The van der Waals surface area contributed by atoms with E-state index in [1.54, 1.807) is 7.05 Å². The van der Waals surface area contributed by atoms with Gasteiger partial charge >= 0.3 is 6.18 Å². The number of rotatable bonds is 2. The van der Waals surface area contributed by atoms with Crippen molar-refractivity contribution in [3.63, 3.8) is 0 Å². The minimum Gasteiger partial charge on any atom is -0.365 e. The molecule has 1 N–H and O–H groups in total. The highest BCUT2D eigenvalue weighted by atomic mass is 32.1. The molecule has 0 aliphatic heterocycles. The van der Waals surface area contributed by atoms with Gasteiger partial charge in [-0.2, -0.15) is 13.2 Å². The predicted molar refractivity (Wildman–Crippen MR) is 48.6 cm³/mol. The molecule has 1 aromatic rings. The lowest BCUT2D eigenvalue weighted by molar-refractivity contribution is -0.135. The van der Waals surface area contributed by atoms with Gasteiger partial charge in [-0.15, -0.1) is 0 Å². The summed E-state index contributed by atoms with van der Waals surface area (Å²) in [6.45, 7) is 0. The van der Waals surface area contributed by atoms with E-state index < -0.39 is 11.1 Å². The molecule has 0 spiro atoms. The minimum atomic E-state index is -4.26. The first-order valence-corrected chi connectivity index (χ1v) is 5.09. The van der Waals surface area contributed by atoms with E-state index >= 15 is 0 Å². The van der Waals surface area contributed by atoms with E-state index in [9.17, 15) is 13.2 Å². The lowest BCUT2D eigenvalue weighted by atomic mass is 10.2. The molecule has 1 aliphatic carbocycles. The van der Waals surface area contributed by atoms with Crippen LogP contribution in [0, 0.1) is 0 Å². The van der Waals surface area contributed by atoms with Gasteiger partial charge in [-0.3, -0.25) is 0 Å². The summed E-state index contributed by atoms with van der Waals surface area (Å²) in [5.41, 5.74) is 0.229.